The maximum Gasteiger partial charge on any atom is 0.416 e. The van der Waals surface area contributed by atoms with Gasteiger partial charge in [-0.2, -0.15) is 26.3 Å². The minimum atomic E-state index is -5.08. The first-order valence-corrected chi connectivity index (χ1v) is 9.44. The predicted molar refractivity (Wildman–Crippen MR) is 98.1 cm³/mol. The highest BCUT2D eigenvalue weighted by atomic mass is 32.1. The van der Waals surface area contributed by atoms with Crippen molar-refractivity contribution in [3.05, 3.63) is 46.0 Å². The van der Waals surface area contributed by atoms with Gasteiger partial charge in [0.05, 0.1) is 11.1 Å². The van der Waals surface area contributed by atoms with Gasteiger partial charge in [0.1, 0.15) is 6.54 Å². The number of nitrogens with zero attached hydrogens (tertiary/aromatic N) is 2. The number of anilines is 1. The van der Waals surface area contributed by atoms with Crippen LogP contribution in [0.1, 0.15) is 39.7 Å². The van der Waals surface area contributed by atoms with Crippen LogP contribution in [0.25, 0.3) is 0 Å². The summed E-state index contributed by atoms with van der Waals surface area (Å²) in [5.74, 6) is -1.78. The lowest BCUT2D eigenvalue weighted by atomic mass is 10.0. The Morgan fingerprint density at radius 1 is 1.07 bits per heavy atom. The van der Waals surface area contributed by atoms with Gasteiger partial charge in [-0.25, -0.2) is 4.98 Å². The number of carbonyl (C=O) groups is 2. The molecule has 1 aromatic heterocycles. The molecule has 1 aromatic carbocycles. The van der Waals surface area contributed by atoms with Crippen molar-refractivity contribution >= 4 is 28.3 Å². The van der Waals surface area contributed by atoms with E-state index in [1.165, 1.54) is 17.5 Å². The number of nitrogens with one attached hydrogen (secondary N) is 1. The van der Waals surface area contributed by atoms with Gasteiger partial charge in [-0.15, -0.1) is 11.3 Å². The second kappa shape index (κ2) is 9.02. The number of thiazole rings is 1. The molecule has 0 radical (unpaired) electrons. The fourth-order valence-electron chi connectivity index (χ4n) is 2.53. The maximum absolute atomic E-state index is 13.0. The zero-order valence-electron chi connectivity index (χ0n) is 15.8. The van der Waals surface area contributed by atoms with Crippen molar-refractivity contribution in [3.63, 3.8) is 0 Å². The molecule has 0 aliphatic rings. The Bertz CT molecular complexity index is 891. The minimum Gasteiger partial charge on any atom is -0.329 e. The molecule has 0 atom stereocenters. The molecule has 164 valence electrons. The molecule has 30 heavy (non-hydrogen) atoms. The molecule has 5 nitrogen and oxygen atoms in total. The normalized spacial score (nSPS) is 12.0. The fourth-order valence-corrected chi connectivity index (χ4v) is 3.21. The van der Waals surface area contributed by atoms with E-state index in [0.717, 1.165) is 9.78 Å². The largest absolute Gasteiger partial charge is 0.416 e. The van der Waals surface area contributed by atoms with Crippen LogP contribution in [0.4, 0.5) is 31.5 Å². The molecule has 0 saturated carbocycles. The van der Waals surface area contributed by atoms with Gasteiger partial charge in [-0.05, 0) is 31.5 Å². The zero-order chi connectivity index (χ0) is 22.7. The quantitative estimate of drug-likeness (QED) is 0.628. The number of hydrogen-bond donors (Lipinski definition) is 1. The molecule has 12 heteroatoms. The zero-order valence-corrected chi connectivity index (χ0v) is 16.6. The highest BCUT2D eigenvalue weighted by Crippen LogP contribution is 2.36. The summed E-state index contributed by atoms with van der Waals surface area (Å²) in [6.07, 6.45) is -8.31. The molecule has 0 saturated heterocycles. The average Bonchev–Trinajstić information content (AvgIpc) is 3.03. The third-order valence-electron chi connectivity index (χ3n) is 3.82. The van der Waals surface area contributed by atoms with Crippen LogP contribution in [0.3, 0.4) is 0 Å². The fraction of sp³-hybridized carbons (Fsp3) is 0.389. The van der Waals surface area contributed by atoms with Gasteiger partial charge in [-0.3, -0.25) is 9.59 Å². The SMILES string of the molecule is CCCN(CC(=O)Nc1ncc(C)s1)C(=O)c1cc(C(F)(F)F)cc(C(F)(F)F)c1. The number of alkyl halides is 6. The van der Waals surface area contributed by atoms with Crippen molar-refractivity contribution in [2.45, 2.75) is 32.6 Å². The topological polar surface area (TPSA) is 62.3 Å². The lowest BCUT2D eigenvalue weighted by Gasteiger charge is -2.22. The average molecular weight is 453 g/mol. The maximum atomic E-state index is 13.0. The Labute approximate surface area is 171 Å². The number of hydrogen-bond acceptors (Lipinski definition) is 4. The van der Waals surface area contributed by atoms with E-state index in [0.29, 0.717) is 18.6 Å². The molecular weight excluding hydrogens is 436 g/mol. The number of aromatic nitrogens is 1. The van der Waals surface area contributed by atoms with Crippen LogP contribution in [0, 0.1) is 6.92 Å². The van der Waals surface area contributed by atoms with Crippen molar-refractivity contribution in [2.24, 2.45) is 0 Å². The molecular formula is C18H17F6N3O2S. The number of carbonyl (C=O) groups excluding carboxylic acids is 2. The van der Waals surface area contributed by atoms with Crippen LogP contribution < -0.4 is 5.32 Å². The Hall–Kier alpha value is -2.63. The molecule has 0 spiro atoms. The van der Waals surface area contributed by atoms with Gasteiger partial charge < -0.3 is 10.2 Å². The molecule has 1 N–H and O–H groups in total. The van der Waals surface area contributed by atoms with Gasteiger partial charge in [0.15, 0.2) is 5.13 Å². The van der Waals surface area contributed by atoms with E-state index >= 15 is 0 Å². The van der Waals surface area contributed by atoms with E-state index in [1.54, 1.807) is 13.8 Å². The summed E-state index contributed by atoms with van der Waals surface area (Å²) in [5, 5.41) is 2.71. The Balaban J connectivity index is 2.32. The lowest BCUT2D eigenvalue weighted by molar-refractivity contribution is -0.143. The Morgan fingerprint density at radius 3 is 2.07 bits per heavy atom. The van der Waals surface area contributed by atoms with Crippen molar-refractivity contribution in [2.75, 3.05) is 18.4 Å². The summed E-state index contributed by atoms with van der Waals surface area (Å²) in [4.78, 5) is 30.5. The summed E-state index contributed by atoms with van der Waals surface area (Å²) in [7, 11) is 0. The third-order valence-corrected chi connectivity index (χ3v) is 4.65. The van der Waals surface area contributed by atoms with Crippen molar-refractivity contribution < 1.29 is 35.9 Å². The molecule has 1 heterocycles. The van der Waals surface area contributed by atoms with Crippen LogP contribution in [-0.4, -0.2) is 34.8 Å². The van der Waals surface area contributed by atoms with Gasteiger partial charge >= 0.3 is 12.4 Å². The van der Waals surface area contributed by atoms with Crippen LogP contribution in [0.5, 0.6) is 0 Å². The molecule has 0 aliphatic carbocycles. The van der Waals surface area contributed by atoms with Crippen molar-refractivity contribution in [1.82, 2.24) is 9.88 Å². The Kier molecular flexibility index (Phi) is 7.11. The third kappa shape index (κ3) is 6.18. The van der Waals surface area contributed by atoms with E-state index in [2.05, 4.69) is 10.3 Å². The smallest absolute Gasteiger partial charge is 0.329 e. The first kappa shape index (κ1) is 23.6. The molecule has 0 fully saturated rings. The molecule has 0 bridgehead atoms. The van der Waals surface area contributed by atoms with E-state index in [4.69, 9.17) is 0 Å². The van der Waals surface area contributed by atoms with E-state index < -0.39 is 47.4 Å². The second-order valence-corrected chi connectivity index (χ2v) is 7.58. The van der Waals surface area contributed by atoms with E-state index in [1.807, 2.05) is 0 Å². The molecule has 2 amide bonds. The second-order valence-electron chi connectivity index (χ2n) is 6.35. The number of aryl methyl sites for hydroxylation is 1. The predicted octanol–water partition coefficient (Wildman–Crippen LogP) is 4.98. The number of amides is 2. The summed E-state index contributed by atoms with van der Waals surface area (Å²) in [5.41, 5.74) is -4.00. The summed E-state index contributed by atoms with van der Waals surface area (Å²) < 4.78 is 78.2. The van der Waals surface area contributed by atoms with Gasteiger partial charge in [0.2, 0.25) is 5.91 Å². The van der Waals surface area contributed by atoms with Crippen LogP contribution in [0.2, 0.25) is 0 Å². The highest BCUT2D eigenvalue weighted by Gasteiger charge is 2.38. The molecule has 2 rings (SSSR count). The first-order valence-electron chi connectivity index (χ1n) is 8.62. The van der Waals surface area contributed by atoms with Gasteiger partial charge in [0, 0.05) is 23.2 Å². The van der Waals surface area contributed by atoms with Crippen LogP contribution in [-0.2, 0) is 17.1 Å². The van der Waals surface area contributed by atoms with E-state index in [9.17, 15) is 35.9 Å². The number of rotatable bonds is 6. The lowest BCUT2D eigenvalue weighted by Crippen LogP contribution is -2.38. The first-order chi connectivity index (χ1) is 13.8. The van der Waals surface area contributed by atoms with Crippen LogP contribution in [0.15, 0.2) is 24.4 Å². The number of halogens is 6. The van der Waals surface area contributed by atoms with Gasteiger partial charge in [-0.1, -0.05) is 6.92 Å². The standard InChI is InChI=1S/C18H17F6N3O2S/c1-3-4-27(9-14(28)26-16-25-8-10(2)30-16)15(29)11-5-12(17(19,20)21)7-13(6-11)18(22,23)24/h5-8H,3-4,9H2,1-2H3,(H,25,26,28). The molecule has 0 aliphatic heterocycles. The van der Waals surface area contributed by atoms with Crippen LogP contribution >= 0.6 is 11.3 Å². The van der Waals surface area contributed by atoms with E-state index in [-0.39, 0.29) is 17.7 Å². The summed E-state index contributed by atoms with van der Waals surface area (Å²) in [6, 6.07) is 0.642. The van der Waals surface area contributed by atoms with Crippen molar-refractivity contribution in [1.29, 1.82) is 0 Å². The minimum absolute atomic E-state index is 0.0409. The summed E-state index contributed by atoms with van der Waals surface area (Å²) >= 11 is 1.17. The Morgan fingerprint density at radius 2 is 1.63 bits per heavy atom. The van der Waals surface area contributed by atoms with Crippen molar-refractivity contribution in [3.8, 4) is 0 Å². The monoisotopic (exact) mass is 453 g/mol. The molecule has 0 unspecified atom stereocenters. The van der Waals surface area contributed by atoms with Gasteiger partial charge in [0.25, 0.3) is 5.91 Å². The summed E-state index contributed by atoms with van der Waals surface area (Å²) in [6.45, 7) is 2.81. The molecule has 2 aromatic rings. The number of benzene rings is 1. The highest BCUT2D eigenvalue weighted by molar-refractivity contribution is 7.15.